The van der Waals surface area contributed by atoms with Crippen molar-refractivity contribution >= 4 is 21.7 Å². The zero-order chi connectivity index (χ0) is 17.7. The zero-order valence-corrected chi connectivity index (χ0v) is 13.5. The molecule has 1 aromatic heterocycles. The molecule has 128 valence electrons. The van der Waals surface area contributed by atoms with E-state index in [-0.39, 0.29) is 29.5 Å². The Morgan fingerprint density at radius 2 is 1.92 bits per heavy atom. The van der Waals surface area contributed by atoms with Crippen LogP contribution in [0.4, 0.5) is 10.2 Å². The molecule has 0 saturated carbocycles. The number of benzene rings is 1. The summed E-state index contributed by atoms with van der Waals surface area (Å²) in [4.78, 5) is 15.4. The average molecular weight is 352 g/mol. The molecular weight excluding hydrogens is 335 g/mol. The monoisotopic (exact) mass is 352 g/mol. The molecule has 0 radical (unpaired) electrons. The molecular formula is C15H17FN4O3S. The third-order valence-electron chi connectivity index (χ3n) is 3.39. The maximum absolute atomic E-state index is 12.9. The number of hydrogen-bond acceptors (Lipinski definition) is 5. The van der Waals surface area contributed by atoms with Gasteiger partial charge in [-0.05, 0) is 36.2 Å². The standard InChI is InChI=1S/C15H17FN4O3S/c16-12-5-3-10(4-6-12)8-11(14(17)21)9-20-15-13(24(18,22)23)2-1-7-19-15/h1-7,11H,8-9H2,(H2,17,21)(H,19,20)(H2,18,22,23). The molecule has 0 spiro atoms. The summed E-state index contributed by atoms with van der Waals surface area (Å²) in [6.45, 7) is 0.0617. The smallest absolute Gasteiger partial charge is 0.241 e. The lowest BCUT2D eigenvalue weighted by molar-refractivity contribution is -0.121. The minimum Gasteiger partial charge on any atom is -0.369 e. The number of aromatic nitrogens is 1. The van der Waals surface area contributed by atoms with Crippen LogP contribution in [-0.4, -0.2) is 25.9 Å². The molecule has 1 heterocycles. The number of sulfonamides is 1. The first-order valence-electron chi connectivity index (χ1n) is 7.03. The second-order valence-electron chi connectivity index (χ2n) is 5.21. The lowest BCUT2D eigenvalue weighted by Crippen LogP contribution is -2.31. The van der Waals surface area contributed by atoms with Crippen molar-refractivity contribution in [1.29, 1.82) is 0 Å². The van der Waals surface area contributed by atoms with Crippen LogP contribution >= 0.6 is 0 Å². The summed E-state index contributed by atoms with van der Waals surface area (Å²) < 4.78 is 36.0. The summed E-state index contributed by atoms with van der Waals surface area (Å²) in [5.74, 6) is -1.53. The summed E-state index contributed by atoms with van der Waals surface area (Å²) in [7, 11) is -3.95. The molecule has 0 aliphatic carbocycles. The molecule has 1 unspecified atom stereocenters. The van der Waals surface area contributed by atoms with Gasteiger partial charge in [0.25, 0.3) is 0 Å². The van der Waals surface area contributed by atoms with Crippen molar-refractivity contribution < 1.29 is 17.6 Å². The van der Waals surface area contributed by atoms with E-state index in [1.54, 1.807) is 12.1 Å². The van der Waals surface area contributed by atoms with Crippen LogP contribution in [-0.2, 0) is 21.2 Å². The Hall–Kier alpha value is -2.52. The molecule has 7 nitrogen and oxygen atoms in total. The van der Waals surface area contributed by atoms with Crippen molar-refractivity contribution in [3.05, 3.63) is 54.0 Å². The third-order valence-corrected chi connectivity index (χ3v) is 4.33. The number of anilines is 1. The number of primary amides is 1. The Labute approximate surface area is 138 Å². The van der Waals surface area contributed by atoms with Gasteiger partial charge in [0.2, 0.25) is 15.9 Å². The van der Waals surface area contributed by atoms with Crippen molar-refractivity contribution in [2.45, 2.75) is 11.3 Å². The number of hydrogen-bond donors (Lipinski definition) is 3. The van der Waals surface area contributed by atoms with E-state index in [0.717, 1.165) is 5.56 Å². The first-order valence-corrected chi connectivity index (χ1v) is 8.57. The highest BCUT2D eigenvalue weighted by Gasteiger charge is 2.19. The highest BCUT2D eigenvalue weighted by molar-refractivity contribution is 7.89. The predicted molar refractivity (Wildman–Crippen MR) is 86.9 cm³/mol. The fourth-order valence-corrected chi connectivity index (χ4v) is 2.81. The van der Waals surface area contributed by atoms with E-state index < -0.39 is 21.8 Å². The topological polar surface area (TPSA) is 128 Å². The van der Waals surface area contributed by atoms with Crippen molar-refractivity contribution in [2.24, 2.45) is 16.8 Å². The molecule has 2 aromatic rings. The van der Waals surface area contributed by atoms with Crippen LogP contribution in [0.3, 0.4) is 0 Å². The van der Waals surface area contributed by atoms with Gasteiger partial charge in [-0.2, -0.15) is 0 Å². The largest absolute Gasteiger partial charge is 0.369 e. The molecule has 1 atom stereocenters. The van der Waals surface area contributed by atoms with E-state index in [9.17, 15) is 17.6 Å². The number of halogens is 1. The van der Waals surface area contributed by atoms with Crippen LogP contribution in [0.2, 0.25) is 0 Å². The number of nitrogens with zero attached hydrogens (tertiary/aromatic N) is 1. The molecule has 9 heteroatoms. The summed E-state index contributed by atoms with van der Waals surface area (Å²) >= 11 is 0. The fourth-order valence-electron chi connectivity index (χ4n) is 2.15. The Morgan fingerprint density at radius 1 is 1.25 bits per heavy atom. The Morgan fingerprint density at radius 3 is 2.50 bits per heavy atom. The molecule has 0 saturated heterocycles. The van der Waals surface area contributed by atoms with Gasteiger partial charge in [0.1, 0.15) is 16.5 Å². The van der Waals surface area contributed by atoms with Gasteiger partial charge < -0.3 is 11.1 Å². The number of amides is 1. The minimum absolute atomic E-state index is 0.0466. The highest BCUT2D eigenvalue weighted by Crippen LogP contribution is 2.17. The lowest BCUT2D eigenvalue weighted by atomic mass is 9.98. The van der Waals surface area contributed by atoms with Gasteiger partial charge in [-0.25, -0.2) is 22.9 Å². The molecule has 2 rings (SSSR count). The molecule has 0 aliphatic rings. The summed E-state index contributed by atoms with van der Waals surface area (Å²) in [6.07, 6.45) is 1.68. The third kappa shape index (κ3) is 4.74. The Bertz CT molecular complexity index is 825. The summed E-state index contributed by atoms with van der Waals surface area (Å²) in [5, 5.41) is 7.91. The van der Waals surface area contributed by atoms with E-state index in [2.05, 4.69) is 10.3 Å². The van der Waals surface area contributed by atoms with Crippen LogP contribution in [0.5, 0.6) is 0 Å². The fraction of sp³-hybridized carbons (Fsp3) is 0.200. The maximum Gasteiger partial charge on any atom is 0.241 e. The quantitative estimate of drug-likeness (QED) is 0.673. The molecule has 24 heavy (non-hydrogen) atoms. The Balaban J connectivity index is 2.13. The van der Waals surface area contributed by atoms with Gasteiger partial charge >= 0.3 is 0 Å². The van der Waals surface area contributed by atoms with Gasteiger partial charge in [-0.3, -0.25) is 4.79 Å². The van der Waals surface area contributed by atoms with Crippen molar-refractivity contribution in [2.75, 3.05) is 11.9 Å². The number of nitrogens with one attached hydrogen (secondary N) is 1. The van der Waals surface area contributed by atoms with Gasteiger partial charge in [0.15, 0.2) is 0 Å². The second-order valence-corrected chi connectivity index (χ2v) is 6.74. The van der Waals surface area contributed by atoms with Gasteiger partial charge in [-0.1, -0.05) is 12.1 Å². The van der Waals surface area contributed by atoms with E-state index in [1.165, 1.54) is 30.5 Å². The second kappa shape index (κ2) is 7.37. The van der Waals surface area contributed by atoms with Gasteiger partial charge in [-0.15, -0.1) is 0 Å². The van der Waals surface area contributed by atoms with E-state index >= 15 is 0 Å². The van der Waals surface area contributed by atoms with E-state index in [4.69, 9.17) is 10.9 Å². The van der Waals surface area contributed by atoms with Crippen molar-refractivity contribution in [3.63, 3.8) is 0 Å². The van der Waals surface area contributed by atoms with E-state index in [1.807, 2.05) is 0 Å². The molecule has 5 N–H and O–H groups in total. The number of rotatable bonds is 7. The minimum atomic E-state index is -3.95. The van der Waals surface area contributed by atoms with Crippen LogP contribution in [0.25, 0.3) is 0 Å². The first-order chi connectivity index (χ1) is 11.3. The molecule has 0 aliphatic heterocycles. The molecule has 1 aromatic carbocycles. The number of nitrogens with two attached hydrogens (primary N) is 2. The van der Waals surface area contributed by atoms with Gasteiger partial charge in [0.05, 0.1) is 5.92 Å². The number of pyridine rings is 1. The number of primary sulfonamides is 1. The molecule has 0 fully saturated rings. The average Bonchev–Trinajstić information content (AvgIpc) is 2.52. The zero-order valence-electron chi connectivity index (χ0n) is 12.6. The normalized spacial score (nSPS) is 12.6. The van der Waals surface area contributed by atoms with Crippen molar-refractivity contribution in [3.8, 4) is 0 Å². The highest BCUT2D eigenvalue weighted by atomic mass is 32.2. The van der Waals surface area contributed by atoms with Crippen molar-refractivity contribution in [1.82, 2.24) is 4.98 Å². The molecule has 0 bridgehead atoms. The summed E-state index contributed by atoms with van der Waals surface area (Å²) in [6, 6.07) is 8.44. The first kappa shape index (κ1) is 17.8. The molecule has 1 amide bonds. The van der Waals surface area contributed by atoms with Crippen LogP contribution in [0.15, 0.2) is 47.5 Å². The SMILES string of the molecule is NC(=O)C(CNc1ncccc1S(N)(=O)=O)Cc1ccc(F)cc1. The van der Waals surface area contributed by atoms with Crippen LogP contribution < -0.4 is 16.2 Å². The Kier molecular flexibility index (Phi) is 5.47. The number of carbonyl (C=O) groups excluding carboxylic acids is 1. The van der Waals surface area contributed by atoms with Crippen LogP contribution in [0, 0.1) is 11.7 Å². The van der Waals surface area contributed by atoms with Crippen LogP contribution in [0.1, 0.15) is 5.56 Å². The van der Waals surface area contributed by atoms with E-state index in [0.29, 0.717) is 0 Å². The predicted octanol–water partition coefficient (Wildman–Crippen LogP) is 0.624. The number of carbonyl (C=O) groups is 1. The maximum atomic E-state index is 12.9. The van der Waals surface area contributed by atoms with Gasteiger partial charge in [0, 0.05) is 12.7 Å². The summed E-state index contributed by atoms with van der Waals surface area (Å²) in [5.41, 5.74) is 6.12. The lowest BCUT2D eigenvalue weighted by Gasteiger charge is -2.16.